The van der Waals surface area contributed by atoms with Gasteiger partial charge < -0.3 is 10.2 Å². The number of hydrogen-bond donors (Lipinski definition) is 1. The van der Waals surface area contributed by atoms with Gasteiger partial charge in [-0.2, -0.15) is 0 Å². The predicted molar refractivity (Wildman–Crippen MR) is 90.7 cm³/mol. The van der Waals surface area contributed by atoms with Crippen LogP contribution in [0.4, 0.5) is 5.82 Å². The molecular formula is C18H31N3. The largest absolute Gasteiger partial charge is 0.356 e. The molecule has 0 saturated carbocycles. The monoisotopic (exact) mass is 289 g/mol. The van der Waals surface area contributed by atoms with Gasteiger partial charge in [-0.15, -0.1) is 0 Å². The van der Waals surface area contributed by atoms with Crippen LogP contribution in [0.3, 0.4) is 0 Å². The van der Waals surface area contributed by atoms with E-state index in [4.69, 9.17) is 0 Å². The van der Waals surface area contributed by atoms with Crippen molar-refractivity contribution in [2.45, 2.75) is 53.5 Å². The lowest BCUT2D eigenvalue weighted by Crippen LogP contribution is -2.26. The van der Waals surface area contributed by atoms with Crippen LogP contribution in [0.5, 0.6) is 0 Å². The molecule has 21 heavy (non-hydrogen) atoms. The summed E-state index contributed by atoms with van der Waals surface area (Å²) in [7, 11) is 0. The summed E-state index contributed by atoms with van der Waals surface area (Å²) >= 11 is 0. The van der Waals surface area contributed by atoms with Crippen molar-refractivity contribution in [3.8, 4) is 0 Å². The molecule has 2 heterocycles. The molecule has 0 aliphatic carbocycles. The molecule has 2 unspecified atom stereocenters. The zero-order chi connectivity index (χ0) is 15.5. The first kappa shape index (κ1) is 16.3. The lowest BCUT2D eigenvalue weighted by molar-refractivity contribution is 0.263. The molecule has 1 aliphatic rings. The van der Waals surface area contributed by atoms with Crippen molar-refractivity contribution < 1.29 is 0 Å². The van der Waals surface area contributed by atoms with Crippen LogP contribution in [0, 0.1) is 11.3 Å². The number of nitrogens with zero attached hydrogens (tertiary/aromatic N) is 2. The molecule has 0 amide bonds. The van der Waals surface area contributed by atoms with Crippen LogP contribution in [0.15, 0.2) is 18.3 Å². The van der Waals surface area contributed by atoms with Crippen molar-refractivity contribution in [1.29, 1.82) is 0 Å². The fourth-order valence-electron chi connectivity index (χ4n) is 3.03. The third-order valence-electron chi connectivity index (χ3n) is 4.71. The second-order valence-electron chi connectivity index (χ2n) is 7.42. The third-order valence-corrected chi connectivity index (χ3v) is 4.71. The van der Waals surface area contributed by atoms with Gasteiger partial charge in [-0.25, -0.2) is 4.98 Å². The van der Waals surface area contributed by atoms with Gasteiger partial charge in [0.2, 0.25) is 0 Å². The highest BCUT2D eigenvalue weighted by molar-refractivity contribution is 5.43. The minimum absolute atomic E-state index is 0.391. The highest BCUT2D eigenvalue weighted by Gasteiger charge is 2.32. The molecule has 2 rings (SSSR count). The SMILES string of the molecule is CCCNC(C)c1ccnc(N2CCC(C(C)(C)C)C2)c1. The van der Waals surface area contributed by atoms with E-state index in [-0.39, 0.29) is 0 Å². The summed E-state index contributed by atoms with van der Waals surface area (Å²) < 4.78 is 0. The first-order valence-electron chi connectivity index (χ1n) is 8.36. The van der Waals surface area contributed by atoms with Crippen LogP contribution >= 0.6 is 0 Å². The topological polar surface area (TPSA) is 28.2 Å². The Hall–Kier alpha value is -1.09. The van der Waals surface area contributed by atoms with Crippen molar-refractivity contribution in [2.24, 2.45) is 11.3 Å². The van der Waals surface area contributed by atoms with E-state index in [1.165, 1.54) is 18.4 Å². The van der Waals surface area contributed by atoms with Crippen LogP contribution in [-0.4, -0.2) is 24.6 Å². The van der Waals surface area contributed by atoms with Crippen LogP contribution < -0.4 is 10.2 Å². The molecule has 1 aliphatic heterocycles. The fourth-order valence-corrected chi connectivity index (χ4v) is 3.03. The standard InChI is InChI=1S/C18H31N3/c1-6-9-19-14(2)15-7-10-20-17(12-15)21-11-8-16(13-21)18(3,4)5/h7,10,12,14,16,19H,6,8-9,11,13H2,1-5H3. The number of anilines is 1. The Labute approximate surface area is 130 Å². The molecular weight excluding hydrogens is 258 g/mol. The number of rotatable bonds is 5. The second-order valence-corrected chi connectivity index (χ2v) is 7.42. The highest BCUT2D eigenvalue weighted by Crippen LogP contribution is 2.35. The van der Waals surface area contributed by atoms with Crippen LogP contribution in [0.1, 0.15) is 59.1 Å². The number of hydrogen-bond acceptors (Lipinski definition) is 3. The molecule has 1 aromatic rings. The molecule has 3 heteroatoms. The second kappa shape index (κ2) is 6.78. The first-order valence-corrected chi connectivity index (χ1v) is 8.36. The summed E-state index contributed by atoms with van der Waals surface area (Å²) in [6, 6.07) is 4.79. The molecule has 118 valence electrons. The van der Waals surface area contributed by atoms with E-state index in [9.17, 15) is 0 Å². The summed E-state index contributed by atoms with van der Waals surface area (Å²) in [4.78, 5) is 7.05. The molecule has 0 spiro atoms. The maximum atomic E-state index is 4.60. The molecule has 0 aromatic carbocycles. The van der Waals surface area contributed by atoms with Crippen molar-refractivity contribution in [2.75, 3.05) is 24.5 Å². The Morgan fingerprint density at radius 2 is 2.19 bits per heavy atom. The van der Waals surface area contributed by atoms with Crippen LogP contribution in [-0.2, 0) is 0 Å². The smallest absolute Gasteiger partial charge is 0.128 e. The Bertz CT molecular complexity index is 450. The lowest BCUT2D eigenvalue weighted by atomic mass is 9.80. The fraction of sp³-hybridized carbons (Fsp3) is 0.722. The normalized spacial score (nSPS) is 20.8. The van der Waals surface area contributed by atoms with Crippen LogP contribution in [0.2, 0.25) is 0 Å². The Morgan fingerprint density at radius 1 is 1.43 bits per heavy atom. The van der Waals surface area contributed by atoms with Gasteiger partial charge in [0.25, 0.3) is 0 Å². The zero-order valence-corrected chi connectivity index (χ0v) is 14.3. The van der Waals surface area contributed by atoms with E-state index in [1.807, 2.05) is 6.20 Å². The molecule has 1 aromatic heterocycles. The van der Waals surface area contributed by atoms with E-state index in [0.29, 0.717) is 11.5 Å². The van der Waals surface area contributed by atoms with E-state index >= 15 is 0 Å². The molecule has 1 N–H and O–H groups in total. The summed E-state index contributed by atoms with van der Waals surface area (Å²) in [5, 5.41) is 3.55. The predicted octanol–water partition coefficient (Wildman–Crippen LogP) is 4.01. The Kier molecular flexibility index (Phi) is 5.26. The lowest BCUT2D eigenvalue weighted by Gasteiger charge is -2.27. The third kappa shape index (κ3) is 4.19. The molecule has 1 saturated heterocycles. The average molecular weight is 289 g/mol. The van der Waals surface area contributed by atoms with Gasteiger partial charge in [-0.1, -0.05) is 27.7 Å². The van der Waals surface area contributed by atoms with Gasteiger partial charge in [-0.3, -0.25) is 0 Å². The number of pyridine rings is 1. The zero-order valence-electron chi connectivity index (χ0n) is 14.3. The minimum atomic E-state index is 0.391. The number of aromatic nitrogens is 1. The van der Waals surface area contributed by atoms with Gasteiger partial charge >= 0.3 is 0 Å². The summed E-state index contributed by atoms with van der Waals surface area (Å²) in [6.45, 7) is 14.8. The van der Waals surface area contributed by atoms with Crippen LogP contribution in [0.25, 0.3) is 0 Å². The molecule has 2 atom stereocenters. The quantitative estimate of drug-likeness (QED) is 0.887. The minimum Gasteiger partial charge on any atom is -0.356 e. The summed E-state index contributed by atoms with van der Waals surface area (Å²) in [5.74, 6) is 1.91. The maximum Gasteiger partial charge on any atom is 0.128 e. The van der Waals surface area contributed by atoms with Gasteiger partial charge in [0.1, 0.15) is 5.82 Å². The first-order chi connectivity index (χ1) is 9.91. The van der Waals surface area contributed by atoms with Crippen molar-refractivity contribution in [3.05, 3.63) is 23.9 Å². The van der Waals surface area contributed by atoms with Gasteiger partial charge in [0.05, 0.1) is 0 Å². The molecule has 1 fully saturated rings. The maximum absolute atomic E-state index is 4.60. The summed E-state index contributed by atoms with van der Waals surface area (Å²) in [6.07, 6.45) is 4.40. The van der Waals surface area contributed by atoms with Crippen molar-refractivity contribution >= 4 is 5.82 Å². The molecule has 0 radical (unpaired) electrons. The highest BCUT2D eigenvalue weighted by atomic mass is 15.2. The average Bonchev–Trinajstić information content (AvgIpc) is 2.95. The van der Waals surface area contributed by atoms with E-state index in [0.717, 1.165) is 31.4 Å². The van der Waals surface area contributed by atoms with E-state index in [2.05, 4.69) is 62.0 Å². The van der Waals surface area contributed by atoms with Crippen molar-refractivity contribution in [3.63, 3.8) is 0 Å². The molecule has 0 bridgehead atoms. The Morgan fingerprint density at radius 3 is 2.81 bits per heavy atom. The van der Waals surface area contributed by atoms with Gasteiger partial charge in [0, 0.05) is 25.3 Å². The van der Waals surface area contributed by atoms with E-state index in [1.54, 1.807) is 0 Å². The van der Waals surface area contributed by atoms with Gasteiger partial charge in [-0.05, 0) is 55.3 Å². The Balaban J connectivity index is 2.05. The van der Waals surface area contributed by atoms with Gasteiger partial charge in [0.15, 0.2) is 0 Å². The number of nitrogens with one attached hydrogen (secondary N) is 1. The summed E-state index contributed by atoms with van der Waals surface area (Å²) in [5.41, 5.74) is 1.73. The molecule has 3 nitrogen and oxygen atoms in total. The van der Waals surface area contributed by atoms with Crippen molar-refractivity contribution in [1.82, 2.24) is 10.3 Å². The van der Waals surface area contributed by atoms with E-state index < -0.39 is 0 Å².